The van der Waals surface area contributed by atoms with Gasteiger partial charge in [-0.1, -0.05) is 19.1 Å². The van der Waals surface area contributed by atoms with Gasteiger partial charge in [-0.15, -0.1) is 0 Å². The van der Waals surface area contributed by atoms with E-state index >= 15 is 0 Å². The first kappa shape index (κ1) is 16.0. The van der Waals surface area contributed by atoms with Crippen molar-refractivity contribution in [3.63, 3.8) is 0 Å². The number of nitrogens with one attached hydrogen (secondary N) is 2. The Morgan fingerprint density at radius 2 is 1.76 bits per heavy atom. The second-order valence-electron chi connectivity index (χ2n) is 5.72. The van der Waals surface area contributed by atoms with Gasteiger partial charge in [0.15, 0.2) is 5.78 Å². The van der Waals surface area contributed by atoms with Gasteiger partial charge in [0.25, 0.3) is 0 Å². The quantitative estimate of drug-likeness (QED) is 0.662. The van der Waals surface area contributed by atoms with Crippen LogP contribution >= 0.6 is 0 Å². The van der Waals surface area contributed by atoms with Crippen molar-refractivity contribution in [1.29, 1.82) is 0 Å². The third kappa shape index (κ3) is 4.55. The molecule has 1 saturated heterocycles. The Morgan fingerprint density at radius 3 is 2.43 bits per heavy atom. The van der Waals surface area contributed by atoms with Crippen LogP contribution in [0.15, 0.2) is 24.3 Å². The highest BCUT2D eigenvalue weighted by molar-refractivity contribution is 5.98. The van der Waals surface area contributed by atoms with Crippen molar-refractivity contribution >= 4 is 5.78 Å². The monoisotopic (exact) mass is 292 g/mol. The second-order valence-corrected chi connectivity index (χ2v) is 5.72. The molecule has 0 amide bonds. The molecular formula is C17H28N2O2+2. The van der Waals surface area contributed by atoms with Gasteiger partial charge in [0.1, 0.15) is 45.1 Å². The molecule has 0 aromatic heterocycles. The number of hydrogen-bond donors (Lipinski definition) is 2. The van der Waals surface area contributed by atoms with Crippen molar-refractivity contribution in [3.05, 3.63) is 29.8 Å². The number of rotatable bonds is 7. The minimum absolute atomic E-state index is 0.151. The number of likely N-dealkylation sites (N-methyl/N-ethyl adjacent to an activating group) is 1. The Bertz CT molecular complexity index is 454. The van der Waals surface area contributed by atoms with Crippen LogP contribution in [0.3, 0.4) is 0 Å². The van der Waals surface area contributed by atoms with E-state index in [4.69, 9.17) is 4.74 Å². The molecule has 1 aromatic carbocycles. The van der Waals surface area contributed by atoms with E-state index in [2.05, 4.69) is 6.92 Å². The molecule has 1 aliphatic heterocycles. The first-order chi connectivity index (χ1) is 10.2. The summed E-state index contributed by atoms with van der Waals surface area (Å²) in [7, 11) is 0. The molecule has 0 spiro atoms. The van der Waals surface area contributed by atoms with E-state index in [1.165, 1.54) is 32.7 Å². The normalized spacial score (nSPS) is 22.0. The van der Waals surface area contributed by atoms with Gasteiger partial charge in [-0.3, -0.25) is 4.79 Å². The lowest BCUT2D eigenvalue weighted by Gasteiger charge is -2.28. The summed E-state index contributed by atoms with van der Waals surface area (Å²) in [5, 5.41) is 0. The summed E-state index contributed by atoms with van der Waals surface area (Å²) in [5.41, 5.74) is 0.718. The summed E-state index contributed by atoms with van der Waals surface area (Å²) < 4.78 is 5.87. The lowest BCUT2D eigenvalue weighted by atomic mass is 10.1. The molecule has 4 nitrogen and oxygen atoms in total. The van der Waals surface area contributed by atoms with Crippen LogP contribution in [0.5, 0.6) is 5.75 Å². The molecule has 1 aromatic rings. The van der Waals surface area contributed by atoms with Gasteiger partial charge in [0.05, 0.1) is 12.1 Å². The number of carbonyl (C=O) groups excluding carboxylic acids is 1. The SMILES string of the molecule is CCC(=O)c1ccccc1OCC[NH+]1CC[NH+](CC)CC1. The highest BCUT2D eigenvalue weighted by atomic mass is 16.5. The molecule has 0 bridgehead atoms. The standard InChI is InChI=1S/C17H26N2O2/c1-3-16(20)15-7-5-6-8-17(15)21-14-13-19-11-9-18(4-2)10-12-19/h5-8H,3-4,9-14H2,1-2H3/p+2. The first-order valence-corrected chi connectivity index (χ1v) is 8.16. The van der Waals surface area contributed by atoms with Crippen LogP contribution in [0, 0.1) is 0 Å². The van der Waals surface area contributed by atoms with Crippen LogP contribution < -0.4 is 14.5 Å². The third-order valence-electron chi connectivity index (χ3n) is 4.39. The molecule has 0 saturated carbocycles. The van der Waals surface area contributed by atoms with Gasteiger partial charge in [-0.25, -0.2) is 0 Å². The number of carbonyl (C=O) groups is 1. The minimum Gasteiger partial charge on any atom is -0.487 e. The molecule has 0 aliphatic carbocycles. The average molecular weight is 292 g/mol. The zero-order valence-corrected chi connectivity index (χ0v) is 13.3. The Hall–Kier alpha value is -1.39. The van der Waals surface area contributed by atoms with Crippen LogP contribution in [0.1, 0.15) is 30.6 Å². The first-order valence-electron chi connectivity index (χ1n) is 8.16. The summed E-state index contributed by atoms with van der Waals surface area (Å²) in [6, 6.07) is 7.58. The van der Waals surface area contributed by atoms with Crippen molar-refractivity contribution in [3.8, 4) is 5.75 Å². The summed E-state index contributed by atoms with van der Waals surface area (Å²) in [4.78, 5) is 15.2. The van der Waals surface area contributed by atoms with Crippen LogP contribution in [0.4, 0.5) is 0 Å². The number of ketones is 1. The number of quaternary nitrogens is 2. The number of piperazine rings is 1. The smallest absolute Gasteiger partial charge is 0.166 e. The predicted molar refractivity (Wildman–Crippen MR) is 83.4 cm³/mol. The van der Waals surface area contributed by atoms with E-state index in [1.54, 1.807) is 9.80 Å². The molecule has 1 fully saturated rings. The predicted octanol–water partition coefficient (Wildman–Crippen LogP) is -0.539. The fourth-order valence-electron chi connectivity index (χ4n) is 2.88. The molecule has 2 rings (SSSR count). The number of benzene rings is 1. The van der Waals surface area contributed by atoms with Crippen LogP contribution in [-0.4, -0.2) is 51.7 Å². The molecule has 1 heterocycles. The topological polar surface area (TPSA) is 35.2 Å². The lowest BCUT2D eigenvalue weighted by molar-refractivity contribution is -1.01. The summed E-state index contributed by atoms with van der Waals surface area (Å²) >= 11 is 0. The number of Topliss-reactive ketones (excluding diaryl/α,β-unsaturated/α-hetero) is 1. The van der Waals surface area contributed by atoms with Crippen molar-refractivity contribution in [1.82, 2.24) is 0 Å². The van der Waals surface area contributed by atoms with E-state index in [1.807, 2.05) is 31.2 Å². The zero-order chi connectivity index (χ0) is 15.1. The Morgan fingerprint density at radius 1 is 1.10 bits per heavy atom. The van der Waals surface area contributed by atoms with Crippen LogP contribution in [0.2, 0.25) is 0 Å². The Balaban J connectivity index is 1.80. The van der Waals surface area contributed by atoms with E-state index in [0.29, 0.717) is 13.0 Å². The van der Waals surface area contributed by atoms with E-state index in [9.17, 15) is 4.79 Å². The molecule has 0 radical (unpaired) electrons. The highest BCUT2D eigenvalue weighted by Crippen LogP contribution is 2.19. The molecular weight excluding hydrogens is 264 g/mol. The fraction of sp³-hybridized carbons (Fsp3) is 0.588. The van der Waals surface area contributed by atoms with Crippen molar-refractivity contribution in [2.45, 2.75) is 20.3 Å². The van der Waals surface area contributed by atoms with Crippen LogP contribution in [0.25, 0.3) is 0 Å². The highest BCUT2D eigenvalue weighted by Gasteiger charge is 2.21. The van der Waals surface area contributed by atoms with Gasteiger partial charge in [0, 0.05) is 6.42 Å². The summed E-state index contributed by atoms with van der Waals surface area (Å²) in [6.07, 6.45) is 0.521. The van der Waals surface area contributed by atoms with Gasteiger partial charge >= 0.3 is 0 Å². The Kier molecular flexibility index (Phi) is 6.21. The number of hydrogen-bond acceptors (Lipinski definition) is 2. The summed E-state index contributed by atoms with van der Waals surface area (Å²) in [6.45, 7) is 12.0. The molecule has 21 heavy (non-hydrogen) atoms. The van der Waals surface area contributed by atoms with Gasteiger partial charge in [-0.2, -0.15) is 0 Å². The molecule has 4 heteroatoms. The largest absolute Gasteiger partial charge is 0.487 e. The molecule has 0 unspecified atom stereocenters. The second kappa shape index (κ2) is 8.15. The third-order valence-corrected chi connectivity index (χ3v) is 4.39. The van der Waals surface area contributed by atoms with Gasteiger partial charge < -0.3 is 14.5 Å². The van der Waals surface area contributed by atoms with Crippen molar-refractivity contribution in [2.24, 2.45) is 0 Å². The molecule has 0 atom stereocenters. The Labute approximate surface area is 127 Å². The van der Waals surface area contributed by atoms with Gasteiger partial charge in [-0.05, 0) is 19.1 Å². The maximum atomic E-state index is 11.9. The van der Waals surface area contributed by atoms with Crippen molar-refractivity contribution in [2.75, 3.05) is 45.9 Å². The maximum Gasteiger partial charge on any atom is 0.166 e. The number of para-hydroxylation sites is 1. The fourth-order valence-corrected chi connectivity index (χ4v) is 2.88. The van der Waals surface area contributed by atoms with Crippen molar-refractivity contribution < 1.29 is 19.3 Å². The average Bonchev–Trinajstić information content (AvgIpc) is 2.55. The lowest BCUT2D eigenvalue weighted by Crippen LogP contribution is -3.28. The van der Waals surface area contributed by atoms with E-state index in [0.717, 1.165) is 17.9 Å². The van der Waals surface area contributed by atoms with Gasteiger partial charge in [0.2, 0.25) is 0 Å². The molecule has 2 N–H and O–H groups in total. The molecule has 116 valence electrons. The summed E-state index contributed by atoms with van der Waals surface area (Å²) in [5.74, 6) is 0.889. The maximum absolute atomic E-state index is 11.9. The van der Waals surface area contributed by atoms with E-state index in [-0.39, 0.29) is 5.78 Å². The zero-order valence-electron chi connectivity index (χ0n) is 13.3. The van der Waals surface area contributed by atoms with E-state index < -0.39 is 0 Å². The van der Waals surface area contributed by atoms with Crippen LogP contribution in [-0.2, 0) is 0 Å². The number of ether oxygens (including phenoxy) is 1. The molecule has 1 aliphatic rings. The minimum atomic E-state index is 0.151.